The average molecular weight is 1370 g/mol. The Morgan fingerprint density at radius 1 is 0.309 bits per heavy atom. The predicted octanol–water partition coefficient (Wildman–Crippen LogP) is 27.1. The maximum atomic E-state index is 12.8. The summed E-state index contributed by atoms with van der Waals surface area (Å²) in [5, 5.41) is 0. The fourth-order valence-electron chi connectivity index (χ4n) is 11.1. The molecule has 0 saturated heterocycles. The van der Waals surface area contributed by atoms with Crippen LogP contribution in [0.3, 0.4) is 0 Å². The lowest BCUT2D eigenvalue weighted by Gasteiger charge is -2.19. The highest BCUT2D eigenvalue weighted by Crippen LogP contribution is 2.43. The average Bonchev–Trinajstić information content (AvgIpc) is 2.17. The zero-order valence-electron chi connectivity index (χ0n) is 62.5. The number of allylic oxidation sites excluding steroid dienone is 26. The molecular weight excluding hydrogens is 1220 g/mol. The molecule has 0 heterocycles. The quantitative estimate of drug-likeness (QED) is 0.0264. The van der Waals surface area contributed by atoms with Gasteiger partial charge in [0.05, 0.1) is 13.2 Å². The standard InChI is InChI=1S/C87H148NO8P/c1-3-5-7-9-11-13-15-17-19-21-23-25-27-29-31-33-35-37-39-41-42-44-45-47-49-51-53-55-57-59-61-63-65-67-69-71-73-75-77-79-86(89)93-83-85(84-95-97(91,92)94-82-81-88)96-87(90)80-78-76-74-72-70-68-66-64-62-60-58-56-54-52-50-48-46-43-40-38-36-34-32-30-28-26-24-22-20-18-16-14-12-10-8-6-4-2/h5-8,11-14,17-20,23-26,29-32,35-38,43,46,85H,3-4,9-10,15-16,21-22,27-28,33-34,39-42,44-45,47-84,88H2,1-2H3,(H,91,92)/b7-5-,8-6-,13-11-,14-12-,19-17-,20-18-,25-23-,26-24-,31-29-,32-30-,37-35-,38-36-,46-43-. The van der Waals surface area contributed by atoms with Crippen LogP contribution in [0, 0.1) is 0 Å². The van der Waals surface area contributed by atoms with Crippen LogP contribution in [0.15, 0.2) is 158 Å². The Hall–Kier alpha value is -4.37. The summed E-state index contributed by atoms with van der Waals surface area (Å²) in [6.45, 7) is 3.55. The fraction of sp³-hybridized carbons (Fsp3) is 0.678. The summed E-state index contributed by atoms with van der Waals surface area (Å²) in [6.07, 6.45) is 118. The number of ether oxygens (including phenoxy) is 2. The summed E-state index contributed by atoms with van der Waals surface area (Å²) >= 11 is 0. The van der Waals surface area contributed by atoms with Crippen LogP contribution in [-0.2, 0) is 32.7 Å². The van der Waals surface area contributed by atoms with Crippen LogP contribution >= 0.6 is 7.82 Å². The van der Waals surface area contributed by atoms with Crippen molar-refractivity contribution >= 4 is 19.8 Å². The van der Waals surface area contributed by atoms with Crippen molar-refractivity contribution in [2.45, 2.75) is 354 Å². The number of phosphoric ester groups is 1. The number of phosphoric acid groups is 1. The van der Waals surface area contributed by atoms with Crippen molar-refractivity contribution in [3.05, 3.63) is 158 Å². The zero-order chi connectivity index (χ0) is 70.0. The predicted molar refractivity (Wildman–Crippen MR) is 422 cm³/mol. The second-order valence-corrected chi connectivity index (χ2v) is 27.6. The lowest BCUT2D eigenvalue weighted by molar-refractivity contribution is -0.161. The van der Waals surface area contributed by atoms with Crippen LogP contribution in [0.4, 0.5) is 0 Å². The fourth-order valence-corrected chi connectivity index (χ4v) is 11.9. The first kappa shape index (κ1) is 92.6. The molecule has 0 spiro atoms. The highest BCUT2D eigenvalue weighted by molar-refractivity contribution is 7.47. The van der Waals surface area contributed by atoms with E-state index in [4.69, 9.17) is 24.3 Å². The molecule has 10 heteroatoms. The maximum absolute atomic E-state index is 12.8. The summed E-state index contributed by atoms with van der Waals surface area (Å²) < 4.78 is 33.3. The van der Waals surface area contributed by atoms with Gasteiger partial charge in [-0.1, -0.05) is 371 Å². The molecule has 0 saturated carbocycles. The van der Waals surface area contributed by atoms with Gasteiger partial charge in [0.2, 0.25) is 0 Å². The molecule has 0 bridgehead atoms. The van der Waals surface area contributed by atoms with Gasteiger partial charge in [0.25, 0.3) is 0 Å². The van der Waals surface area contributed by atoms with Crippen molar-refractivity contribution in [1.29, 1.82) is 0 Å². The normalized spacial score (nSPS) is 13.7. The first-order valence-corrected chi connectivity index (χ1v) is 41.5. The number of unbranched alkanes of at least 4 members (excludes halogenated alkanes) is 35. The van der Waals surface area contributed by atoms with Crippen molar-refractivity contribution in [3.63, 3.8) is 0 Å². The molecule has 9 nitrogen and oxygen atoms in total. The Labute approximate surface area is 598 Å². The minimum absolute atomic E-state index is 0.0496. The van der Waals surface area contributed by atoms with E-state index in [2.05, 4.69) is 172 Å². The van der Waals surface area contributed by atoms with Crippen LogP contribution in [0.25, 0.3) is 0 Å². The van der Waals surface area contributed by atoms with Gasteiger partial charge in [-0.05, 0) is 122 Å². The lowest BCUT2D eigenvalue weighted by atomic mass is 10.0. The van der Waals surface area contributed by atoms with Crippen molar-refractivity contribution in [3.8, 4) is 0 Å². The summed E-state index contributed by atoms with van der Waals surface area (Å²) in [5.74, 6) is -0.820. The van der Waals surface area contributed by atoms with E-state index in [0.717, 1.165) is 122 Å². The molecule has 3 N–H and O–H groups in total. The van der Waals surface area contributed by atoms with Crippen LogP contribution in [0.2, 0.25) is 0 Å². The maximum Gasteiger partial charge on any atom is 0.472 e. The minimum Gasteiger partial charge on any atom is -0.462 e. The van der Waals surface area contributed by atoms with Crippen LogP contribution in [-0.4, -0.2) is 49.3 Å². The van der Waals surface area contributed by atoms with Gasteiger partial charge in [-0.2, -0.15) is 0 Å². The molecule has 0 aliphatic heterocycles. The van der Waals surface area contributed by atoms with E-state index in [1.165, 1.54) is 193 Å². The third-order valence-electron chi connectivity index (χ3n) is 16.9. The molecule has 0 rings (SSSR count). The Morgan fingerprint density at radius 2 is 0.536 bits per heavy atom. The van der Waals surface area contributed by atoms with E-state index in [1.807, 2.05) is 0 Å². The minimum atomic E-state index is -4.40. The van der Waals surface area contributed by atoms with E-state index >= 15 is 0 Å². The Morgan fingerprint density at radius 3 is 0.794 bits per heavy atom. The lowest BCUT2D eigenvalue weighted by Crippen LogP contribution is -2.29. The highest BCUT2D eigenvalue weighted by Gasteiger charge is 2.26. The van der Waals surface area contributed by atoms with Crippen molar-refractivity contribution in [2.24, 2.45) is 5.73 Å². The third-order valence-corrected chi connectivity index (χ3v) is 17.9. The Bertz CT molecular complexity index is 2160. The first-order valence-electron chi connectivity index (χ1n) is 40.0. The largest absolute Gasteiger partial charge is 0.472 e. The summed E-state index contributed by atoms with van der Waals surface area (Å²) in [5.41, 5.74) is 5.42. The van der Waals surface area contributed by atoms with Gasteiger partial charge in [0.1, 0.15) is 6.61 Å². The van der Waals surface area contributed by atoms with Gasteiger partial charge in [0.15, 0.2) is 6.10 Å². The van der Waals surface area contributed by atoms with E-state index < -0.39 is 26.5 Å². The molecule has 0 aromatic carbocycles. The van der Waals surface area contributed by atoms with E-state index in [-0.39, 0.29) is 38.6 Å². The van der Waals surface area contributed by atoms with Crippen LogP contribution in [0.5, 0.6) is 0 Å². The molecule has 0 aliphatic rings. The van der Waals surface area contributed by atoms with Crippen LogP contribution in [0.1, 0.15) is 348 Å². The topological polar surface area (TPSA) is 134 Å². The second kappa shape index (κ2) is 80.6. The third kappa shape index (κ3) is 80.5. The Balaban J connectivity index is 3.83. The van der Waals surface area contributed by atoms with E-state index in [1.54, 1.807) is 0 Å². The molecule has 0 amide bonds. The summed E-state index contributed by atoms with van der Waals surface area (Å²) in [4.78, 5) is 35.5. The SMILES string of the molecule is CC/C=C\C/C=C\C/C=C\C/C=C\C/C=C\C/C=C\C/C=C\CCCCCCCCCCCCCCCCCC(=O)OC(COC(=O)CCCCCCCCCCCCCCCCCCCCCC/C=C\C/C=C\C/C=C\C/C=C\C/C=C\C/C=C\CC)COP(=O)(O)OCCN. The van der Waals surface area contributed by atoms with Gasteiger partial charge >= 0.3 is 19.8 Å². The van der Waals surface area contributed by atoms with E-state index in [9.17, 15) is 19.0 Å². The molecule has 97 heavy (non-hydrogen) atoms. The monoisotopic (exact) mass is 1370 g/mol. The number of carbonyl (C=O) groups excluding carboxylic acids is 2. The number of rotatable bonds is 74. The number of carbonyl (C=O) groups is 2. The van der Waals surface area contributed by atoms with Gasteiger partial charge in [0, 0.05) is 19.4 Å². The van der Waals surface area contributed by atoms with Gasteiger partial charge in [-0.15, -0.1) is 0 Å². The molecule has 2 unspecified atom stereocenters. The summed E-state index contributed by atoms with van der Waals surface area (Å²) in [7, 11) is -4.40. The molecule has 2 atom stereocenters. The molecule has 0 fully saturated rings. The highest BCUT2D eigenvalue weighted by atomic mass is 31.2. The molecular formula is C87H148NO8P. The van der Waals surface area contributed by atoms with Gasteiger partial charge in [-0.25, -0.2) is 4.57 Å². The molecule has 554 valence electrons. The number of esters is 2. The zero-order valence-corrected chi connectivity index (χ0v) is 63.4. The molecule has 0 radical (unpaired) electrons. The molecule has 0 aromatic heterocycles. The van der Waals surface area contributed by atoms with Crippen molar-refractivity contribution < 1.29 is 37.6 Å². The number of hydrogen-bond acceptors (Lipinski definition) is 8. The molecule has 0 aromatic rings. The Kier molecular flexibility index (Phi) is 77.0. The second-order valence-electron chi connectivity index (χ2n) is 26.2. The smallest absolute Gasteiger partial charge is 0.462 e. The molecule has 0 aliphatic carbocycles. The van der Waals surface area contributed by atoms with Gasteiger partial charge < -0.3 is 20.1 Å². The first-order chi connectivity index (χ1) is 47.8. The van der Waals surface area contributed by atoms with Crippen molar-refractivity contribution in [2.75, 3.05) is 26.4 Å². The summed E-state index contributed by atoms with van der Waals surface area (Å²) in [6, 6.07) is 0. The van der Waals surface area contributed by atoms with Crippen LogP contribution < -0.4 is 5.73 Å². The van der Waals surface area contributed by atoms with Crippen molar-refractivity contribution in [1.82, 2.24) is 0 Å². The number of hydrogen-bond donors (Lipinski definition) is 2. The number of nitrogens with two attached hydrogens (primary N) is 1. The van der Waals surface area contributed by atoms with Gasteiger partial charge in [-0.3, -0.25) is 18.6 Å². The van der Waals surface area contributed by atoms with E-state index in [0.29, 0.717) is 6.42 Å².